The van der Waals surface area contributed by atoms with E-state index in [9.17, 15) is 4.79 Å². The van der Waals surface area contributed by atoms with Crippen molar-refractivity contribution in [1.29, 1.82) is 0 Å². The number of nitrogens with one attached hydrogen (secondary N) is 2. The van der Waals surface area contributed by atoms with Crippen LogP contribution in [0.15, 0.2) is 18.2 Å². The molecule has 0 aliphatic carbocycles. The molecular weight excluding hydrogens is 329 g/mol. The Morgan fingerprint density at radius 3 is 2.71 bits per heavy atom. The van der Waals surface area contributed by atoms with E-state index in [0.717, 1.165) is 10.6 Å². The second-order valence-electron chi connectivity index (χ2n) is 4.58. The summed E-state index contributed by atoms with van der Waals surface area (Å²) in [5.74, 6) is -0.177. The molecular formula is C14H15Cl2N3OS. The van der Waals surface area contributed by atoms with E-state index >= 15 is 0 Å². The zero-order valence-electron chi connectivity index (χ0n) is 11.8. The lowest BCUT2D eigenvalue weighted by atomic mass is 10.1. The first-order valence-electron chi connectivity index (χ1n) is 6.34. The van der Waals surface area contributed by atoms with Crippen LogP contribution in [-0.2, 0) is 0 Å². The minimum absolute atomic E-state index is 0.177. The molecule has 1 amide bonds. The number of hydrogen-bond acceptors (Lipinski definition) is 4. The van der Waals surface area contributed by atoms with Gasteiger partial charge in [-0.15, -0.1) is 0 Å². The predicted molar refractivity (Wildman–Crippen MR) is 88.7 cm³/mol. The second-order valence-corrected chi connectivity index (χ2v) is 6.20. The van der Waals surface area contributed by atoms with Gasteiger partial charge in [0.25, 0.3) is 5.91 Å². The molecule has 7 heteroatoms. The van der Waals surface area contributed by atoms with Gasteiger partial charge in [0.05, 0.1) is 17.3 Å². The summed E-state index contributed by atoms with van der Waals surface area (Å²) in [6.07, 6.45) is 0. The summed E-state index contributed by atoms with van der Waals surface area (Å²) in [5.41, 5.74) is 2.09. The lowest BCUT2D eigenvalue weighted by Crippen LogP contribution is -2.27. The van der Waals surface area contributed by atoms with Crippen molar-refractivity contribution < 1.29 is 4.79 Å². The summed E-state index contributed by atoms with van der Waals surface area (Å²) in [6, 6.07) is 5.00. The van der Waals surface area contributed by atoms with E-state index in [0.29, 0.717) is 21.3 Å². The van der Waals surface area contributed by atoms with Crippen LogP contribution in [0.2, 0.25) is 10.0 Å². The molecule has 1 atom stereocenters. The topological polar surface area (TPSA) is 54.0 Å². The number of rotatable bonds is 4. The standard InChI is InChI=1S/C14H15Cl2N3OS/c1-7(10-5-4-9(15)6-11(10)16)18-13(20)12-8(2)19-21-14(12)17-3/h4-7,17H,1-3H3,(H,18,20). The summed E-state index contributed by atoms with van der Waals surface area (Å²) in [7, 11) is 1.77. The first-order valence-corrected chi connectivity index (χ1v) is 7.86. The Morgan fingerprint density at radius 1 is 1.38 bits per heavy atom. The number of nitrogens with zero attached hydrogens (tertiary/aromatic N) is 1. The molecule has 21 heavy (non-hydrogen) atoms. The van der Waals surface area contributed by atoms with Gasteiger partial charge in [-0.25, -0.2) is 0 Å². The molecule has 0 radical (unpaired) electrons. The summed E-state index contributed by atoms with van der Waals surface area (Å²) in [5, 5.41) is 7.76. The van der Waals surface area contributed by atoms with Crippen LogP contribution < -0.4 is 10.6 Å². The van der Waals surface area contributed by atoms with Gasteiger partial charge >= 0.3 is 0 Å². The molecule has 0 fully saturated rings. The highest BCUT2D eigenvalue weighted by atomic mass is 35.5. The largest absolute Gasteiger partial charge is 0.378 e. The van der Waals surface area contributed by atoms with Crippen LogP contribution in [0.5, 0.6) is 0 Å². The average molecular weight is 344 g/mol. The summed E-state index contributed by atoms with van der Waals surface area (Å²) < 4.78 is 4.19. The number of anilines is 1. The Hall–Kier alpha value is -1.30. The first kappa shape index (κ1) is 16.1. The van der Waals surface area contributed by atoms with Crippen molar-refractivity contribution in [3.8, 4) is 0 Å². The number of benzene rings is 1. The van der Waals surface area contributed by atoms with Gasteiger partial charge in [0.1, 0.15) is 5.00 Å². The van der Waals surface area contributed by atoms with Gasteiger partial charge in [0.2, 0.25) is 0 Å². The van der Waals surface area contributed by atoms with Gasteiger partial charge in [-0.1, -0.05) is 29.3 Å². The lowest BCUT2D eigenvalue weighted by Gasteiger charge is -2.16. The Kier molecular flexibility index (Phi) is 5.08. The number of carbonyl (C=O) groups is 1. The van der Waals surface area contributed by atoms with Crippen LogP contribution >= 0.6 is 34.7 Å². The molecule has 1 heterocycles. The molecule has 4 nitrogen and oxygen atoms in total. The van der Waals surface area contributed by atoms with E-state index in [1.807, 2.05) is 19.9 Å². The fraction of sp³-hybridized carbons (Fsp3) is 0.286. The Balaban J connectivity index is 2.21. The zero-order chi connectivity index (χ0) is 15.6. The van der Waals surface area contributed by atoms with Crippen LogP contribution in [-0.4, -0.2) is 17.3 Å². The number of aryl methyl sites for hydroxylation is 1. The molecule has 0 saturated heterocycles. The molecule has 2 N–H and O–H groups in total. The summed E-state index contributed by atoms with van der Waals surface area (Å²) >= 11 is 13.3. The monoisotopic (exact) mass is 343 g/mol. The minimum atomic E-state index is -0.230. The second kappa shape index (κ2) is 6.64. The third-order valence-corrected chi connectivity index (χ3v) is 4.61. The van der Waals surface area contributed by atoms with Crippen LogP contribution in [0.3, 0.4) is 0 Å². The normalized spacial score (nSPS) is 12.0. The molecule has 0 bridgehead atoms. The van der Waals surface area contributed by atoms with Gasteiger partial charge in [-0.05, 0) is 43.1 Å². The fourth-order valence-corrected chi connectivity index (χ4v) is 3.32. The van der Waals surface area contributed by atoms with Crippen LogP contribution in [0.25, 0.3) is 0 Å². The number of amides is 1. The van der Waals surface area contributed by atoms with E-state index in [2.05, 4.69) is 15.0 Å². The number of hydrogen-bond donors (Lipinski definition) is 2. The number of halogens is 2. The molecule has 0 saturated carbocycles. The Morgan fingerprint density at radius 2 is 2.10 bits per heavy atom. The summed E-state index contributed by atoms with van der Waals surface area (Å²) in [4.78, 5) is 12.4. The van der Waals surface area contributed by atoms with Crippen molar-refractivity contribution in [3.63, 3.8) is 0 Å². The van der Waals surface area contributed by atoms with Crippen molar-refractivity contribution >= 4 is 45.6 Å². The van der Waals surface area contributed by atoms with Crippen molar-refractivity contribution in [3.05, 3.63) is 45.1 Å². The maximum absolute atomic E-state index is 12.4. The quantitative estimate of drug-likeness (QED) is 0.870. The Labute approximate surface area is 137 Å². The third kappa shape index (κ3) is 3.48. The van der Waals surface area contributed by atoms with E-state index < -0.39 is 0 Å². The molecule has 2 rings (SSSR count). The van der Waals surface area contributed by atoms with Gasteiger partial charge in [0, 0.05) is 17.1 Å². The highest BCUT2D eigenvalue weighted by molar-refractivity contribution is 7.10. The Bertz CT molecular complexity index is 672. The molecule has 1 unspecified atom stereocenters. The average Bonchev–Trinajstić information content (AvgIpc) is 2.79. The molecule has 1 aromatic heterocycles. The number of aromatic nitrogens is 1. The van der Waals surface area contributed by atoms with Crippen molar-refractivity contribution in [2.24, 2.45) is 0 Å². The van der Waals surface area contributed by atoms with Crippen molar-refractivity contribution in [1.82, 2.24) is 9.69 Å². The van der Waals surface area contributed by atoms with Gasteiger partial charge in [-0.2, -0.15) is 4.37 Å². The van der Waals surface area contributed by atoms with E-state index in [1.165, 1.54) is 11.5 Å². The molecule has 112 valence electrons. The highest BCUT2D eigenvalue weighted by Gasteiger charge is 2.20. The van der Waals surface area contributed by atoms with Gasteiger partial charge in [0.15, 0.2) is 0 Å². The number of carbonyl (C=O) groups excluding carboxylic acids is 1. The summed E-state index contributed by atoms with van der Waals surface area (Å²) in [6.45, 7) is 3.69. The maximum Gasteiger partial charge on any atom is 0.256 e. The molecule has 2 aromatic rings. The zero-order valence-corrected chi connectivity index (χ0v) is 14.2. The van der Waals surface area contributed by atoms with Gasteiger partial charge in [-0.3, -0.25) is 4.79 Å². The van der Waals surface area contributed by atoms with Crippen molar-refractivity contribution in [2.75, 3.05) is 12.4 Å². The molecule has 0 spiro atoms. The predicted octanol–water partition coefficient (Wildman–Crippen LogP) is 4.29. The molecule has 0 aliphatic rings. The third-order valence-electron chi connectivity index (χ3n) is 3.09. The van der Waals surface area contributed by atoms with E-state index in [-0.39, 0.29) is 11.9 Å². The van der Waals surface area contributed by atoms with Crippen LogP contribution in [0.1, 0.15) is 34.6 Å². The van der Waals surface area contributed by atoms with Crippen LogP contribution in [0, 0.1) is 6.92 Å². The smallest absolute Gasteiger partial charge is 0.256 e. The molecule has 0 aliphatic heterocycles. The highest BCUT2D eigenvalue weighted by Crippen LogP contribution is 2.28. The van der Waals surface area contributed by atoms with E-state index in [4.69, 9.17) is 23.2 Å². The first-order chi connectivity index (χ1) is 9.93. The minimum Gasteiger partial charge on any atom is -0.378 e. The fourth-order valence-electron chi connectivity index (χ4n) is 2.01. The van der Waals surface area contributed by atoms with Crippen molar-refractivity contribution in [2.45, 2.75) is 19.9 Å². The van der Waals surface area contributed by atoms with Gasteiger partial charge < -0.3 is 10.6 Å². The van der Waals surface area contributed by atoms with E-state index in [1.54, 1.807) is 19.2 Å². The molecule has 1 aromatic carbocycles. The van der Waals surface area contributed by atoms with Crippen LogP contribution in [0.4, 0.5) is 5.00 Å². The maximum atomic E-state index is 12.4. The SMILES string of the molecule is CNc1snc(C)c1C(=O)NC(C)c1ccc(Cl)cc1Cl. The lowest BCUT2D eigenvalue weighted by molar-refractivity contribution is 0.0940.